The highest BCUT2D eigenvalue weighted by atomic mass is 35.5. The standard InChI is InChI=1S/C12H16N4O2S2.ClH/c1-12(7-13,8-5-6-8)16-20(17,18)10-4-2-3-9-11(10)15-19-14-9;/h2-4,8,16H,5-7,13H2,1H3;1H. The molecule has 116 valence electrons. The zero-order valence-electron chi connectivity index (χ0n) is 11.4. The molecule has 3 rings (SSSR count). The minimum atomic E-state index is -3.66. The van der Waals surface area contributed by atoms with Crippen molar-refractivity contribution in [2.75, 3.05) is 6.54 Å². The van der Waals surface area contributed by atoms with Crippen molar-refractivity contribution in [1.29, 1.82) is 0 Å². The van der Waals surface area contributed by atoms with Gasteiger partial charge >= 0.3 is 0 Å². The molecule has 1 aromatic carbocycles. The summed E-state index contributed by atoms with van der Waals surface area (Å²) in [5.41, 5.74) is 6.19. The number of halogens is 1. The van der Waals surface area contributed by atoms with E-state index in [-0.39, 0.29) is 23.8 Å². The first-order valence-corrected chi connectivity index (χ1v) is 8.63. The highest BCUT2D eigenvalue weighted by Crippen LogP contribution is 2.40. The third-order valence-corrected chi connectivity index (χ3v) is 5.99. The van der Waals surface area contributed by atoms with Crippen LogP contribution in [-0.2, 0) is 10.0 Å². The van der Waals surface area contributed by atoms with E-state index in [1.54, 1.807) is 18.2 Å². The molecule has 1 saturated carbocycles. The maximum absolute atomic E-state index is 12.6. The number of hydrogen-bond donors (Lipinski definition) is 2. The van der Waals surface area contributed by atoms with E-state index in [9.17, 15) is 8.42 Å². The van der Waals surface area contributed by atoms with Crippen LogP contribution in [0.1, 0.15) is 19.8 Å². The van der Waals surface area contributed by atoms with Crippen molar-refractivity contribution < 1.29 is 8.42 Å². The zero-order chi connectivity index (χ0) is 14.4. The van der Waals surface area contributed by atoms with Crippen LogP contribution in [0.3, 0.4) is 0 Å². The molecule has 3 N–H and O–H groups in total. The molecule has 0 saturated heterocycles. The number of rotatable bonds is 5. The molecule has 0 radical (unpaired) electrons. The summed E-state index contributed by atoms with van der Waals surface area (Å²) in [7, 11) is -3.66. The van der Waals surface area contributed by atoms with Crippen molar-refractivity contribution in [2.45, 2.75) is 30.2 Å². The monoisotopic (exact) mass is 348 g/mol. The second-order valence-corrected chi connectivity index (χ2v) is 7.57. The molecule has 1 heterocycles. The Balaban J connectivity index is 0.00000161. The van der Waals surface area contributed by atoms with E-state index >= 15 is 0 Å². The first-order valence-electron chi connectivity index (χ1n) is 6.41. The first kappa shape index (κ1) is 16.6. The molecule has 1 atom stereocenters. The summed E-state index contributed by atoms with van der Waals surface area (Å²) in [4.78, 5) is 0.170. The lowest BCUT2D eigenvalue weighted by atomic mass is 9.98. The summed E-state index contributed by atoms with van der Waals surface area (Å²) >= 11 is 1.01. The van der Waals surface area contributed by atoms with Crippen LogP contribution in [-0.4, -0.2) is 29.2 Å². The molecular weight excluding hydrogens is 332 g/mol. The Labute approximate surface area is 133 Å². The second-order valence-electron chi connectivity index (χ2n) is 5.39. The number of benzene rings is 1. The fourth-order valence-corrected chi connectivity index (χ4v) is 4.62. The van der Waals surface area contributed by atoms with E-state index in [1.807, 2.05) is 6.92 Å². The van der Waals surface area contributed by atoms with Gasteiger partial charge in [0, 0.05) is 12.1 Å². The second kappa shape index (κ2) is 5.77. The van der Waals surface area contributed by atoms with E-state index in [2.05, 4.69) is 13.5 Å². The van der Waals surface area contributed by atoms with Crippen molar-refractivity contribution in [3.05, 3.63) is 18.2 Å². The molecule has 1 aromatic heterocycles. The molecule has 2 aromatic rings. The van der Waals surface area contributed by atoms with Gasteiger partial charge in [0.15, 0.2) is 0 Å². The zero-order valence-corrected chi connectivity index (χ0v) is 13.9. The maximum atomic E-state index is 12.6. The molecule has 0 aliphatic heterocycles. The fraction of sp³-hybridized carbons (Fsp3) is 0.500. The Kier molecular flexibility index (Phi) is 4.55. The van der Waals surface area contributed by atoms with Crippen LogP contribution in [0.2, 0.25) is 0 Å². The lowest BCUT2D eigenvalue weighted by molar-refractivity contribution is 0.374. The molecule has 1 aliphatic rings. The van der Waals surface area contributed by atoms with Crippen LogP contribution >= 0.6 is 24.1 Å². The minimum absolute atomic E-state index is 0. The summed E-state index contributed by atoms with van der Waals surface area (Å²) in [6.07, 6.45) is 2.03. The Bertz CT molecular complexity index is 745. The maximum Gasteiger partial charge on any atom is 0.243 e. The van der Waals surface area contributed by atoms with Gasteiger partial charge in [0.25, 0.3) is 0 Å². The predicted molar refractivity (Wildman–Crippen MR) is 85.2 cm³/mol. The van der Waals surface area contributed by atoms with Crippen molar-refractivity contribution in [2.24, 2.45) is 11.7 Å². The third kappa shape index (κ3) is 3.04. The van der Waals surface area contributed by atoms with E-state index in [0.717, 1.165) is 24.6 Å². The van der Waals surface area contributed by atoms with E-state index in [4.69, 9.17) is 5.73 Å². The van der Waals surface area contributed by atoms with E-state index in [1.165, 1.54) is 0 Å². The third-order valence-electron chi connectivity index (χ3n) is 3.81. The molecule has 21 heavy (non-hydrogen) atoms. The SMILES string of the molecule is CC(CN)(NS(=O)(=O)c1cccc2nsnc12)C1CC1.Cl. The van der Waals surface area contributed by atoms with Crippen molar-refractivity contribution in [3.63, 3.8) is 0 Å². The molecule has 9 heteroatoms. The highest BCUT2D eigenvalue weighted by Gasteiger charge is 2.43. The van der Waals surface area contributed by atoms with Gasteiger partial charge < -0.3 is 5.73 Å². The van der Waals surface area contributed by atoms with Gasteiger partial charge in [-0.05, 0) is 37.8 Å². The van der Waals surface area contributed by atoms with Crippen LogP contribution < -0.4 is 10.5 Å². The van der Waals surface area contributed by atoms with Crippen molar-refractivity contribution >= 4 is 45.2 Å². The first-order chi connectivity index (χ1) is 9.46. The molecule has 0 bridgehead atoms. The molecule has 0 spiro atoms. The number of fused-ring (bicyclic) bond motifs is 1. The van der Waals surface area contributed by atoms with Crippen LogP contribution in [0, 0.1) is 5.92 Å². The largest absolute Gasteiger partial charge is 0.329 e. The van der Waals surface area contributed by atoms with Gasteiger partial charge in [-0.3, -0.25) is 0 Å². The van der Waals surface area contributed by atoms with Gasteiger partial charge in [0.1, 0.15) is 15.9 Å². The van der Waals surface area contributed by atoms with E-state index in [0.29, 0.717) is 17.0 Å². The number of aromatic nitrogens is 2. The summed E-state index contributed by atoms with van der Waals surface area (Å²) in [5, 5.41) is 0. The highest BCUT2D eigenvalue weighted by molar-refractivity contribution is 7.89. The average molecular weight is 349 g/mol. The summed E-state index contributed by atoms with van der Waals surface area (Å²) in [5.74, 6) is 0.315. The van der Waals surface area contributed by atoms with Gasteiger partial charge in [-0.1, -0.05) is 6.07 Å². The predicted octanol–water partition coefficient (Wildman–Crippen LogP) is 1.52. The normalized spacial score (nSPS) is 18.2. The molecule has 0 amide bonds. The average Bonchev–Trinajstić information content (AvgIpc) is 3.16. The van der Waals surface area contributed by atoms with Gasteiger partial charge in [-0.25, -0.2) is 13.1 Å². The molecule has 1 aliphatic carbocycles. The Hall–Kier alpha value is -0.800. The van der Waals surface area contributed by atoms with Gasteiger partial charge in [0.2, 0.25) is 10.0 Å². The molecule has 1 fully saturated rings. The van der Waals surface area contributed by atoms with Crippen molar-refractivity contribution in [3.8, 4) is 0 Å². The molecule has 6 nitrogen and oxygen atoms in total. The van der Waals surface area contributed by atoms with Crippen LogP contribution in [0.5, 0.6) is 0 Å². The quantitative estimate of drug-likeness (QED) is 0.853. The fourth-order valence-electron chi connectivity index (χ4n) is 2.37. The number of sulfonamides is 1. The summed E-state index contributed by atoms with van der Waals surface area (Å²) in [6, 6.07) is 4.98. The summed E-state index contributed by atoms with van der Waals surface area (Å²) in [6.45, 7) is 2.14. The van der Waals surface area contributed by atoms with Gasteiger partial charge in [-0.15, -0.1) is 12.4 Å². The van der Waals surface area contributed by atoms with Crippen LogP contribution in [0.4, 0.5) is 0 Å². The van der Waals surface area contributed by atoms with Crippen molar-refractivity contribution in [1.82, 2.24) is 13.5 Å². The Morgan fingerprint density at radius 2 is 2.14 bits per heavy atom. The topological polar surface area (TPSA) is 98.0 Å². The van der Waals surface area contributed by atoms with Crippen LogP contribution in [0.15, 0.2) is 23.1 Å². The van der Waals surface area contributed by atoms with Crippen LogP contribution in [0.25, 0.3) is 11.0 Å². The lowest BCUT2D eigenvalue weighted by Crippen LogP contribution is -2.53. The number of nitrogens with one attached hydrogen (secondary N) is 1. The van der Waals surface area contributed by atoms with Gasteiger partial charge in [0.05, 0.1) is 11.7 Å². The molecular formula is C12H17ClN4O2S2. The minimum Gasteiger partial charge on any atom is -0.329 e. The van der Waals surface area contributed by atoms with Gasteiger partial charge in [-0.2, -0.15) is 8.75 Å². The Morgan fingerprint density at radius 3 is 2.76 bits per heavy atom. The lowest BCUT2D eigenvalue weighted by Gasteiger charge is -2.29. The molecule has 1 unspecified atom stereocenters. The summed E-state index contributed by atoms with van der Waals surface area (Å²) < 4.78 is 36.2. The number of hydrogen-bond acceptors (Lipinski definition) is 6. The van der Waals surface area contributed by atoms with E-state index < -0.39 is 15.6 Å². The Morgan fingerprint density at radius 1 is 1.43 bits per heavy atom. The number of nitrogens with two attached hydrogens (primary N) is 1. The smallest absolute Gasteiger partial charge is 0.243 e. The number of nitrogens with zero attached hydrogens (tertiary/aromatic N) is 2.